The fraction of sp³-hybridized carbons (Fsp3) is 0.182. The van der Waals surface area contributed by atoms with Crippen molar-refractivity contribution in [1.29, 1.82) is 0 Å². The van der Waals surface area contributed by atoms with E-state index in [0.29, 0.717) is 0 Å². The van der Waals surface area contributed by atoms with Gasteiger partial charge in [-0.05, 0) is 54.0 Å². The van der Waals surface area contributed by atoms with Crippen LogP contribution in [0.25, 0.3) is 11.1 Å². The molecule has 0 aliphatic rings. The average molecular weight is 286 g/mol. The van der Waals surface area contributed by atoms with Crippen molar-refractivity contribution >= 4 is 0 Å². The molecule has 0 amide bonds. The third kappa shape index (κ3) is 3.65. The second-order valence-corrected chi connectivity index (χ2v) is 5.84. The lowest BCUT2D eigenvalue weighted by Gasteiger charge is -2.07. The molecule has 0 aliphatic heterocycles. The van der Waals surface area contributed by atoms with Crippen LogP contribution in [-0.2, 0) is 12.8 Å². The molecule has 3 rings (SSSR count). The molecule has 0 bridgehead atoms. The predicted molar refractivity (Wildman–Crippen MR) is 95.1 cm³/mol. The largest absolute Gasteiger partial charge is 0.0622 e. The highest BCUT2D eigenvalue weighted by Crippen LogP contribution is 2.20. The molecule has 22 heavy (non-hydrogen) atoms. The number of rotatable bonds is 5. The van der Waals surface area contributed by atoms with Crippen molar-refractivity contribution in [1.82, 2.24) is 0 Å². The molecule has 0 saturated heterocycles. The monoisotopic (exact) mass is 286 g/mol. The molecule has 0 radical (unpaired) electrons. The third-order valence-corrected chi connectivity index (χ3v) is 4.23. The Morgan fingerprint density at radius 3 is 1.95 bits per heavy atom. The van der Waals surface area contributed by atoms with Crippen molar-refractivity contribution < 1.29 is 0 Å². The van der Waals surface area contributed by atoms with Crippen molar-refractivity contribution in [2.24, 2.45) is 0 Å². The van der Waals surface area contributed by atoms with Crippen LogP contribution in [0.15, 0.2) is 78.9 Å². The number of hydrogen-bond donors (Lipinski definition) is 0. The molecular formula is C22H22. The molecular weight excluding hydrogens is 264 g/mol. The maximum atomic E-state index is 2.26. The van der Waals surface area contributed by atoms with Gasteiger partial charge in [-0.3, -0.25) is 0 Å². The van der Waals surface area contributed by atoms with Gasteiger partial charge in [0.05, 0.1) is 0 Å². The van der Waals surface area contributed by atoms with Gasteiger partial charge in [-0.25, -0.2) is 0 Å². The second-order valence-electron chi connectivity index (χ2n) is 5.84. The summed E-state index contributed by atoms with van der Waals surface area (Å²) in [6.07, 6.45) is 3.51. The first-order chi connectivity index (χ1) is 10.8. The summed E-state index contributed by atoms with van der Waals surface area (Å²) in [6, 6.07) is 28.2. The van der Waals surface area contributed by atoms with Crippen LogP contribution < -0.4 is 0 Å². The normalized spacial score (nSPS) is 10.6. The van der Waals surface area contributed by atoms with E-state index in [2.05, 4.69) is 85.8 Å². The first kappa shape index (κ1) is 14.6. The predicted octanol–water partition coefficient (Wildman–Crippen LogP) is 5.84. The molecule has 110 valence electrons. The van der Waals surface area contributed by atoms with Gasteiger partial charge >= 0.3 is 0 Å². The maximum absolute atomic E-state index is 2.26. The van der Waals surface area contributed by atoms with Crippen LogP contribution in [0.2, 0.25) is 0 Å². The molecule has 0 heteroatoms. The first-order valence-corrected chi connectivity index (χ1v) is 8.02. The van der Waals surface area contributed by atoms with Gasteiger partial charge < -0.3 is 0 Å². The lowest BCUT2D eigenvalue weighted by atomic mass is 9.99. The summed E-state index contributed by atoms with van der Waals surface area (Å²) in [5.74, 6) is 0. The summed E-state index contributed by atoms with van der Waals surface area (Å²) >= 11 is 0. The Kier molecular flexibility index (Phi) is 4.70. The van der Waals surface area contributed by atoms with Gasteiger partial charge in [0.15, 0.2) is 0 Å². The zero-order valence-corrected chi connectivity index (χ0v) is 13.1. The molecule has 0 atom stereocenters. The number of benzene rings is 3. The van der Waals surface area contributed by atoms with E-state index in [1.807, 2.05) is 0 Å². The maximum Gasteiger partial charge on any atom is -0.0184 e. The van der Waals surface area contributed by atoms with Crippen LogP contribution in [0.1, 0.15) is 23.1 Å². The summed E-state index contributed by atoms with van der Waals surface area (Å²) in [6.45, 7) is 2.20. The average Bonchev–Trinajstić information content (AvgIpc) is 2.58. The van der Waals surface area contributed by atoms with Gasteiger partial charge in [0.1, 0.15) is 0 Å². The van der Waals surface area contributed by atoms with Crippen LogP contribution in [0.3, 0.4) is 0 Å². The lowest BCUT2D eigenvalue weighted by Crippen LogP contribution is -1.92. The van der Waals surface area contributed by atoms with Gasteiger partial charge in [0, 0.05) is 0 Å². The highest BCUT2D eigenvalue weighted by atomic mass is 14.1. The Hall–Kier alpha value is -2.34. The molecule has 0 saturated carbocycles. The Labute approximate surface area is 133 Å². The highest BCUT2D eigenvalue weighted by Gasteiger charge is 2.00. The Morgan fingerprint density at radius 2 is 1.23 bits per heavy atom. The fourth-order valence-corrected chi connectivity index (χ4v) is 2.87. The molecule has 3 aromatic rings. The minimum Gasteiger partial charge on any atom is -0.0622 e. The van der Waals surface area contributed by atoms with E-state index in [0.717, 1.165) is 12.8 Å². The van der Waals surface area contributed by atoms with Gasteiger partial charge in [0.25, 0.3) is 0 Å². The minimum atomic E-state index is 1.14. The summed E-state index contributed by atoms with van der Waals surface area (Å²) in [5, 5.41) is 0. The van der Waals surface area contributed by atoms with E-state index in [1.54, 1.807) is 0 Å². The smallest absolute Gasteiger partial charge is 0.0184 e. The molecule has 0 aromatic heterocycles. The van der Waals surface area contributed by atoms with Crippen LogP contribution in [0.5, 0.6) is 0 Å². The Morgan fingerprint density at radius 1 is 0.591 bits per heavy atom. The van der Waals surface area contributed by atoms with E-state index in [9.17, 15) is 0 Å². The summed E-state index contributed by atoms with van der Waals surface area (Å²) in [5.41, 5.74) is 6.89. The Balaban J connectivity index is 1.59. The zero-order chi connectivity index (χ0) is 15.2. The molecule has 0 aliphatic carbocycles. The first-order valence-electron chi connectivity index (χ1n) is 8.02. The van der Waals surface area contributed by atoms with Crippen LogP contribution in [-0.4, -0.2) is 0 Å². The molecule has 0 unspecified atom stereocenters. The van der Waals surface area contributed by atoms with Crippen LogP contribution in [0, 0.1) is 6.92 Å². The molecule has 3 aromatic carbocycles. The van der Waals surface area contributed by atoms with Gasteiger partial charge in [-0.1, -0.05) is 78.9 Å². The summed E-state index contributed by atoms with van der Waals surface area (Å²) in [4.78, 5) is 0. The van der Waals surface area contributed by atoms with Crippen molar-refractivity contribution in [3.05, 3.63) is 95.6 Å². The SMILES string of the molecule is Cc1ccccc1CCCc1ccc(-c2ccccc2)cc1. The van der Waals surface area contributed by atoms with Crippen molar-refractivity contribution in [3.63, 3.8) is 0 Å². The quantitative estimate of drug-likeness (QED) is 0.553. The number of hydrogen-bond acceptors (Lipinski definition) is 0. The van der Waals surface area contributed by atoms with Gasteiger partial charge in [-0.15, -0.1) is 0 Å². The highest BCUT2D eigenvalue weighted by molar-refractivity contribution is 5.63. The van der Waals surface area contributed by atoms with E-state index in [4.69, 9.17) is 0 Å². The zero-order valence-electron chi connectivity index (χ0n) is 13.1. The second kappa shape index (κ2) is 7.09. The lowest BCUT2D eigenvalue weighted by molar-refractivity contribution is 0.816. The van der Waals surface area contributed by atoms with Gasteiger partial charge in [0.2, 0.25) is 0 Å². The van der Waals surface area contributed by atoms with E-state index >= 15 is 0 Å². The molecule has 0 nitrogen and oxygen atoms in total. The summed E-state index contributed by atoms with van der Waals surface area (Å²) in [7, 11) is 0. The van der Waals surface area contributed by atoms with E-state index < -0.39 is 0 Å². The van der Waals surface area contributed by atoms with Crippen molar-refractivity contribution in [2.75, 3.05) is 0 Å². The number of aryl methyl sites for hydroxylation is 3. The molecule has 0 N–H and O–H groups in total. The Bertz CT molecular complexity index is 709. The van der Waals surface area contributed by atoms with Crippen molar-refractivity contribution in [3.8, 4) is 11.1 Å². The van der Waals surface area contributed by atoms with Crippen LogP contribution >= 0.6 is 0 Å². The fourth-order valence-electron chi connectivity index (χ4n) is 2.87. The minimum absolute atomic E-state index is 1.14. The molecule has 0 heterocycles. The molecule has 0 spiro atoms. The molecule has 0 fully saturated rings. The van der Waals surface area contributed by atoms with Gasteiger partial charge in [-0.2, -0.15) is 0 Å². The topological polar surface area (TPSA) is 0 Å². The summed E-state index contributed by atoms with van der Waals surface area (Å²) < 4.78 is 0. The van der Waals surface area contributed by atoms with E-state index in [1.165, 1.54) is 34.2 Å². The third-order valence-electron chi connectivity index (χ3n) is 4.23. The van der Waals surface area contributed by atoms with Crippen LogP contribution in [0.4, 0.5) is 0 Å². The van der Waals surface area contributed by atoms with E-state index in [-0.39, 0.29) is 0 Å². The van der Waals surface area contributed by atoms with Crippen molar-refractivity contribution in [2.45, 2.75) is 26.2 Å². The standard InChI is InChI=1S/C22H22/c1-18-8-5-6-10-20(18)13-7-9-19-14-16-22(17-15-19)21-11-3-2-4-12-21/h2-6,8,10-12,14-17H,7,9,13H2,1H3.